The summed E-state index contributed by atoms with van der Waals surface area (Å²) in [5.41, 5.74) is 0. The molecule has 0 bridgehead atoms. The number of nitrogens with zero attached hydrogens (tertiary/aromatic N) is 4. The SMILES string of the molecule is CCCn1ncnc1CN1CCNCC1CC. The predicted octanol–water partition coefficient (Wildman–Crippen LogP) is 0.872. The van der Waals surface area contributed by atoms with Crippen molar-refractivity contribution in [2.24, 2.45) is 0 Å². The van der Waals surface area contributed by atoms with Crippen LogP contribution in [0.3, 0.4) is 0 Å². The molecule has 1 aromatic rings. The first-order valence-electron chi connectivity index (χ1n) is 6.66. The number of aromatic nitrogens is 3. The first-order chi connectivity index (χ1) is 8.35. The van der Waals surface area contributed by atoms with E-state index in [1.165, 1.54) is 6.42 Å². The van der Waals surface area contributed by atoms with Gasteiger partial charge in [-0.1, -0.05) is 13.8 Å². The Morgan fingerprint density at radius 1 is 1.47 bits per heavy atom. The Kier molecular flexibility index (Phi) is 4.50. The van der Waals surface area contributed by atoms with Gasteiger partial charge >= 0.3 is 0 Å². The summed E-state index contributed by atoms with van der Waals surface area (Å²) in [7, 11) is 0. The van der Waals surface area contributed by atoms with Gasteiger partial charge in [-0.2, -0.15) is 5.10 Å². The van der Waals surface area contributed by atoms with Crippen molar-refractivity contribution in [3.8, 4) is 0 Å². The van der Waals surface area contributed by atoms with E-state index < -0.39 is 0 Å². The molecule has 0 amide bonds. The first kappa shape index (κ1) is 12.5. The van der Waals surface area contributed by atoms with E-state index in [1.807, 2.05) is 4.68 Å². The quantitative estimate of drug-likeness (QED) is 0.825. The second-order valence-corrected chi connectivity index (χ2v) is 4.64. The Balaban J connectivity index is 2.00. The highest BCUT2D eigenvalue weighted by Crippen LogP contribution is 2.11. The van der Waals surface area contributed by atoms with Crippen LogP contribution < -0.4 is 5.32 Å². The van der Waals surface area contributed by atoms with Crippen molar-refractivity contribution >= 4 is 0 Å². The Morgan fingerprint density at radius 2 is 2.35 bits per heavy atom. The van der Waals surface area contributed by atoms with Crippen molar-refractivity contribution in [1.29, 1.82) is 0 Å². The van der Waals surface area contributed by atoms with E-state index in [2.05, 4.69) is 34.1 Å². The van der Waals surface area contributed by atoms with E-state index in [4.69, 9.17) is 0 Å². The van der Waals surface area contributed by atoms with Gasteiger partial charge in [0.15, 0.2) is 0 Å². The Bertz CT molecular complexity index is 335. The van der Waals surface area contributed by atoms with Crippen LogP contribution in [0.25, 0.3) is 0 Å². The summed E-state index contributed by atoms with van der Waals surface area (Å²) >= 11 is 0. The molecule has 1 aliphatic heterocycles. The van der Waals surface area contributed by atoms with E-state index in [0.717, 1.165) is 45.0 Å². The van der Waals surface area contributed by atoms with Gasteiger partial charge in [-0.05, 0) is 12.8 Å². The van der Waals surface area contributed by atoms with Crippen molar-refractivity contribution in [3.63, 3.8) is 0 Å². The molecule has 1 aromatic heterocycles. The number of hydrogen-bond donors (Lipinski definition) is 1. The molecule has 5 heteroatoms. The molecular weight excluding hydrogens is 214 g/mol. The largest absolute Gasteiger partial charge is 0.314 e. The van der Waals surface area contributed by atoms with Gasteiger partial charge in [-0.3, -0.25) is 4.90 Å². The second-order valence-electron chi connectivity index (χ2n) is 4.64. The van der Waals surface area contributed by atoms with Crippen molar-refractivity contribution in [2.75, 3.05) is 19.6 Å². The highest BCUT2D eigenvalue weighted by atomic mass is 15.4. The van der Waals surface area contributed by atoms with Crippen LogP contribution in [0.5, 0.6) is 0 Å². The van der Waals surface area contributed by atoms with Crippen LogP contribution in [-0.2, 0) is 13.1 Å². The zero-order chi connectivity index (χ0) is 12.1. The van der Waals surface area contributed by atoms with E-state index in [1.54, 1.807) is 6.33 Å². The molecule has 1 fully saturated rings. The van der Waals surface area contributed by atoms with Crippen LogP contribution >= 0.6 is 0 Å². The third-order valence-corrected chi connectivity index (χ3v) is 3.42. The summed E-state index contributed by atoms with van der Waals surface area (Å²) in [6.45, 7) is 9.61. The van der Waals surface area contributed by atoms with Crippen LogP contribution in [0, 0.1) is 0 Å². The molecule has 0 aliphatic carbocycles. The Hall–Kier alpha value is -0.940. The number of piperazine rings is 1. The third kappa shape index (κ3) is 3.04. The lowest BCUT2D eigenvalue weighted by Crippen LogP contribution is -2.50. The minimum atomic E-state index is 0.635. The Labute approximate surface area is 103 Å². The highest BCUT2D eigenvalue weighted by molar-refractivity contribution is 4.88. The maximum Gasteiger partial charge on any atom is 0.141 e. The Morgan fingerprint density at radius 3 is 3.12 bits per heavy atom. The molecule has 96 valence electrons. The van der Waals surface area contributed by atoms with Gasteiger partial charge in [0.25, 0.3) is 0 Å². The van der Waals surface area contributed by atoms with Gasteiger partial charge in [0, 0.05) is 32.2 Å². The summed E-state index contributed by atoms with van der Waals surface area (Å²) in [5.74, 6) is 1.10. The van der Waals surface area contributed by atoms with Gasteiger partial charge in [-0.25, -0.2) is 9.67 Å². The van der Waals surface area contributed by atoms with Crippen molar-refractivity contribution in [2.45, 2.75) is 45.8 Å². The maximum atomic E-state index is 4.39. The molecule has 17 heavy (non-hydrogen) atoms. The van der Waals surface area contributed by atoms with Crippen LogP contribution in [-0.4, -0.2) is 45.3 Å². The molecule has 1 atom stereocenters. The summed E-state index contributed by atoms with van der Waals surface area (Å²) in [6, 6.07) is 0.635. The lowest BCUT2D eigenvalue weighted by Gasteiger charge is -2.35. The van der Waals surface area contributed by atoms with Crippen LogP contribution in [0.1, 0.15) is 32.5 Å². The lowest BCUT2D eigenvalue weighted by molar-refractivity contribution is 0.143. The molecule has 0 spiro atoms. The van der Waals surface area contributed by atoms with Crippen molar-refractivity contribution in [3.05, 3.63) is 12.2 Å². The number of aryl methyl sites for hydroxylation is 1. The molecule has 2 rings (SSSR count). The van der Waals surface area contributed by atoms with Crippen LogP contribution in [0.15, 0.2) is 6.33 Å². The van der Waals surface area contributed by atoms with E-state index in [9.17, 15) is 0 Å². The predicted molar refractivity (Wildman–Crippen MR) is 67.7 cm³/mol. The van der Waals surface area contributed by atoms with E-state index >= 15 is 0 Å². The normalized spacial score (nSPS) is 21.9. The zero-order valence-electron chi connectivity index (χ0n) is 10.9. The van der Waals surface area contributed by atoms with Crippen molar-refractivity contribution < 1.29 is 0 Å². The first-order valence-corrected chi connectivity index (χ1v) is 6.66. The van der Waals surface area contributed by atoms with Crippen molar-refractivity contribution in [1.82, 2.24) is 25.0 Å². The van der Waals surface area contributed by atoms with Gasteiger partial charge < -0.3 is 5.32 Å². The fourth-order valence-corrected chi connectivity index (χ4v) is 2.40. The summed E-state index contributed by atoms with van der Waals surface area (Å²) in [4.78, 5) is 6.91. The summed E-state index contributed by atoms with van der Waals surface area (Å²) in [5, 5.41) is 7.74. The average molecular weight is 237 g/mol. The third-order valence-electron chi connectivity index (χ3n) is 3.42. The highest BCUT2D eigenvalue weighted by Gasteiger charge is 2.21. The van der Waals surface area contributed by atoms with E-state index in [-0.39, 0.29) is 0 Å². The molecule has 1 N–H and O–H groups in total. The fourth-order valence-electron chi connectivity index (χ4n) is 2.40. The minimum absolute atomic E-state index is 0.635. The standard InChI is InChI=1S/C12H23N5/c1-3-6-17-12(14-10-15-17)9-16-7-5-13-8-11(16)4-2/h10-11,13H,3-9H2,1-2H3. The lowest BCUT2D eigenvalue weighted by atomic mass is 10.1. The molecule has 0 aromatic carbocycles. The molecular formula is C12H23N5. The molecule has 5 nitrogen and oxygen atoms in total. The van der Waals surface area contributed by atoms with Gasteiger partial charge in [0.1, 0.15) is 12.2 Å². The fraction of sp³-hybridized carbons (Fsp3) is 0.833. The topological polar surface area (TPSA) is 46.0 Å². The van der Waals surface area contributed by atoms with Gasteiger partial charge in [0.05, 0.1) is 6.54 Å². The van der Waals surface area contributed by atoms with Crippen LogP contribution in [0.2, 0.25) is 0 Å². The van der Waals surface area contributed by atoms with E-state index in [0.29, 0.717) is 6.04 Å². The number of hydrogen-bond acceptors (Lipinski definition) is 4. The van der Waals surface area contributed by atoms with Crippen LogP contribution in [0.4, 0.5) is 0 Å². The average Bonchev–Trinajstić information content (AvgIpc) is 2.78. The molecule has 1 aliphatic rings. The molecule has 2 heterocycles. The minimum Gasteiger partial charge on any atom is -0.314 e. The zero-order valence-corrected chi connectivity index (χ0v) is 10.9. The smallest absolute Gasteiger partial charge is 0.141 e. The van der Waals surface area contributed by atoms with Gasteiger partial charge in [0.2, 0.25) is 0 Å². The molecule has 1 unspecified atom stereocenters. The summed E-state index contributed by atoms with van der Waals surface area (Å²) < 4.78 is 2.04. The molecule has 1 saturated heterocycles. The summed E-state index contributed by atoms with van der Waals surface area (Å²) in [6.07, 6.45) is 3.97. The second kappa shape index (κ2) is 6.12. The van der Waals surface area contributed by atoms with Gasteiger partial charge in [-0.15, -0.1) is 0 Å². The number of rotatable bonds is 5. The molecule has 0 saturated carbocycles. The monoisotopic (exact) mass is 237 g/mol. The maximum absolute atomic E-state index is 4.39. The number of nitrogens with one attached hydrogen (secondary N) is 1. The molecule has 0 radical (unpaired) electrons.